The van der Waals surface area contributed by atoms with Crippen molar-refractivity contribution in [3.05, 3.63) is 28.5 Å². The van der Waals surface area contributed by atoms with Crippen LogP contribution in [0.25, 0.3) is 22.1 Å². The number of amides is 2. The van der Waals surface area contributed by atoms with Gasteiger partial charge < -0.3 is 25.5 Å². The number of anilines is 2. The molecular formula is C21H22F2N8O2S. The number of halogens is 2. The van der Waals surface area contributed by atoms with Crippen LogP contribution in [0.1, 0.15) is 45.6 Å². The number of alkyl halides is 2. The molecule has 34 heavy (non-hydrogen) atoms. The molecule has 4 aromatic heterocycles. The van der Waals surface area contributed by atoms with E-state index in [0.717, 1.165) is 22.2 Å². The number of pyridine rings is 1. The number of carbonyl (C=O) groups is 2. The lowest BCUT2D eigenvalue weighted by molar-refractivity contribution is -0.0901. The minimum atomic E-state index is -2.70. The molecule has 4 heterocycles. The van der Waals surface area contributed by atoms with E-state index in [1.807, 2.05) is 18.5 Å². The number of nitrogens with one attached hydrogen (secondary N) is 2. The molecule has 4 aromatic rings. The molecule has 0 aromatic carbocycles. The number of hydrogen-bond donors (Lipinski definition) is 3. The number of primary amides is 1. The maximum absolute atomic E-state index is 13.1. The van der Waals surface area contributed by atoms with Crippen molar-refractivity contribution < 1.29 is 18.4 Å². The summed E-state index contributed by atoms with van der Waals surface area (Å²) < 4.78 is 29.7. The van der Waals surface area contributed by atoms with Crippen LogP contribution in [0.4, 0.5) is 19.9 Å². The van der Waals surface area contributed by atoms with Gasteiger partial charge in [-0.25, -0.2) is 23.7 Å². The molecule has 0 bridgehead atoms. The monoisotopic (exact) mass is 488 g/mol. The van der Waals surface area contributed by atoms with Gasteiger partial charge in [0.1, 0.15) is 21.7 Å². The number of carbonyl (C=O) groups excluding carboxylic acids is 2. The first kappa shape index (κ1) is 22.2. The van der Waals surface area contributed by atoms with Crippen molar-refractivity contribution in [3.63, 3.8) is 0 Å². The standard InChI is InChI=1S/C21H22F2N8O2S/c1-4-31-13(16(24)32)5-11-14-12(8-25-17(11)31)28-19(30(14)3)29-20-26-9(2)15(34-20)18(33)27-10-6-21(22,23)7-10/h5,8,10H,4,6-7H2,1-3H3,(H2,24,32)(H,27,33)(H,26,28,29). The molecule has 0 aliphatic heterocycles. The van der Waals surface area contributed by atoms with Gasteiger partial charge in [0.2, 0.25) is 5.95 Å². The lowest BCUT2D eigenvalue weighted by atomic mass is 9.88. The molecule has 1 aliphatic carbocycles. The van der Waals surface area contributed by atoms with Crippen LogP contribution in [-0.2, 0) is 13.6 Å². The average molecular weight is 489 g/mol. The Kier molecular flexibility index (Phi) is 5.04. The Balaban J connectivity index is 1.45. The molecule has 0 spiro atoms. The van der Waals surface area contributed by atoms with Gasteiger partial charge in [-0.3, -0.25) is 9.59 Å². The fourth-order valence-electron chi connectivity index (χ4n) is 4.31. The molecule has 0 saturated heterocycles. The molecule has 0 atom stereocenters. The Morgan fingerprint density at radius 1 is 1.32 bits per heavy atom. The number of aryl methyl sites for hydroxylation is 3. The van der Waals surface area contributed by atoms with E-state index < -0.39 is 23.8 Å². The second-order valence-electron chi connectivity index (χ2n) is 8.35. The zero-order valence-corrected chi connectivity index (χ0v) is 19.5. The van der Waals surface area contributed by atoms with Crippen LogP contribution in [0.15, 0.2) is 12.3 Å². The van der Waals surface area contributed by atoms with Crippen LogP contribution in [0, 0.1) is 6.92 Å². The molecule has 1 fully saturated rings. The molecule has 1 aliphatic rings. The highest BCUT2D eigenvalue weighted by molar-refractivity contribution is 7.17. The summed E-state index contributed by atoms with van der Waals surface area (Å²) in [6.45, 7) is 4.13. The summed E-state index contributed by atoms with van der Waals surface area (Å²) in [6.07, 6.45) is 0.933. The SMILES string of the molecule is CCn1c(C(N)=O)cc2c3c(cnc21)nc(Nc1nc(C)c(C(=O)NC2CC(F)(F)C2)s1)n3C. The zero-order chi connectivity index (χ0) is 24.4. The number of rotatable bonds is 6. The minimum absolute atomic E-state index is 0.346. The first-order valence-corrected chi connectivity index (χ1v) is 11.5. The zero-order valence-electron chi connectivity index (χ0n) is 18.6. The van der Waals surface area contributed by atoms with E-state index >= 15 is 0 Å². The van der Waals surface area contributed by atoms with Gasteiger partial charge in [0.25, 0.3) is 17.7 Å². The summed E-state index contributed by atoms with van der Waals surface area (Å²) >= 11 is 1.12. The van der Waals surface area contributed by atoms with E-state index in [4.69, 9.17) is 5.73 Å². The Labute approximate surface area is 196 Å². The first-order chi connectivity index (χ1) is 16.1. The van der Waals surface area contributed by atoms with Crippen molar-refractivity contribution in [1.29, 1.82) is 0 Å². The maximum Gasteiger partial charge on any atom is 0.265 e. The summed E-state index contributed by atoms with van der Waals surface area (Å²) in [7, 11) is 1.81. The number of aromatic nitrogens is 5. The molecule has 0 radical (unpaired) electrons. The first-order valence-electron chi connectivity index (χ1n) is 10.7. The summed E-state index contributed by atoms with van der Waals surface area (Å²) in [4.78, 5) is 38.2. The Morgan fingerprint density at radius 3 is 2.71 bits per heavy atom. The predicted octanol–water partition coefficient (Wildman–Crippen LogP) is 3.08. The highest BCUT2D eigenvalue weighted by Gasteiger charge is 2.46. The quantitative estimate of drug-likeness (QED) is 0.382. The molecular weight excluding hydrogens is 466 g/mol. The molecule has 4 N–H and O–H groups in total. The lowest BCUT2D eigenvalue weighted by Crippen LogP contribution is -2.50. The number of imidazole rings is 1. The summed E-state index contributed by atoms with van der Waals surface area (Å²) in [5.41, 5.74) is 8.40. The van der Waals surface area contributed by atoms with E-state index in [1.165, 1.54) is 0 Å². The van der Waals surface area contributed by atoms with Crippen molar-refractivity contribution >= 4 is 56.3 Å². The van der Waals surface area contributed by atoms with Crippen LogP contribution in [0.5, 0.6) is 0 Å². The van der Waals surface area contributed by atoms with Crippen LogP contribution in [0.2, 0.25) is 0 Å². The Bertz CT molecular complexity index is 1460. The van der Waals surface area contributed by atoms with Crippen LogP contribution in [-0.4, -0.2) is 47.9 Å². The molecule has 5 rings (SSSR count). The van der Waals surface area contributed by atoms with Crippen LogP contribution < -0.4 is 16.4 Å². The van der Waals surface area contributed by atoms with E-state index in [9.17, 15) is 18.4 Å². The smallest absolute Gasteiger partial charge is 0.265 e. The Hall–Kier alpha value is -3.61. The third-order valence-corrected chi connectivity index (χ3v) is 7.04. The van der Waals surface area contributed by atoms with Crippen LogP contribution in [0.3, 0.4) is 0 Å². The summed E-state index contributed by atoms with van der Waals surface area (Å²) in [6, 6.07) is 1.18. The van der Waals surface area contributed by atoms with Gasteiger partial charge >= 0.3 is 0 Å². The summed E-state index contributed by atoms with van der Waals surface area (Å²) in [5, 5.41) is 6.94. The number of nitrogens with two attached hydrogens (primary N) is 1. The normalized spacial score (nSPS) is 15.6. The van der Waals surface area contributed by atoms with E-state index in [1.54, 1.807) is 23.8 Å². The van der Waals surface area contributed by atoms with E-state index in [-0.39, 0.29) is 12.8 Å². The van der Waals surface area contributed by atoms with Crippen molar-refractivity contribution in [2.24, 2.45) is 12.8 Å². The summed E-state index contributed by atoms with van der Waals surface area (Å²) in [5.74, 6) is -3.19. The van der Waals surface area contributed by atoms with Gasteiger partial charge in [-0.1, -0.05) is 11.3 Å². The topological polar surface area (TPSA) is 133 Å². The van der Waals surface area contributed by atoms with Crippen molar-refractivity contribution in [3.8, 4) is 0 Å². The van der Waals surface area contributed by atoms with Gasteiger partial charge in [-0.15, -0.1) is 0 Å². The lowest BCUT2D eigenvalue weighted by Gasteiger charge is -2.35. The second-order valence-corrected chi connectivity index (χ2v) is 9.35. The molecule has 0 unspecified atom stereocenters. The maximum atomic E-state index is 13.1. The Morgan fingerprint density at radius 2 is 2.06 bits per heavy atom. The fraction of sp³-hybridized carbons (Fsp3) is 0.381. The predicted molar refractivity (Wildman–Crippen MR) is 124 cm³/mol. The van der Waals surface area contributed by atoms with Gasteiger partial charge in [-0.2, -0.15) is 0 Å². The van der Waals surface area contributed by atoms with Gasteiger partial charge in [0.15, 0.2) is 5.13 Å². The molecule has 13 heteroatoms. The second kappa shape index (κ2) is 7.72. The molecule has 10 nitrogen and oxygen atoms in total. The van der Waals surface area contributed by atoms with Gasteiger partial charge in [0.05, 0.1) is 17.4 Å². The average Bonchev–Trinajstić information content (AvgIpc) is 3.40. The molecule has 2 amide bonds. The van der Waals surface area contributed by atoms with Crippen molar-refractivity contribution in [2.75, 3.05) is 5.32 Å². The highest BCUT2D eigenvalue weighted by atomic mass is 32.1. The van der Waals surface area contributed by atoms with Crippen LogP contribution >= 0.6 is 11.3 Å². The van der Waals surface area contributed by atoms with Gasteiger partial charge in [0, 0.05) is 37.9 Å². The van der Waals surface area contributed by atoms with E-state index in [2.05, 4.69) is 25.6 Å². The third-order valence-electron chi connectivity index (χ3n) is 5.97. The number of nitrogens with zero attached hydrogens (tertiary/aromatic N) is 5. The largest absolute Gasteiger partial charge is 0.364 e. The number of hydrogen-bond acceptors (Lipinski definition) is 7. The fourth-order valence-corrected chi connectivity index (χ4v) is 5.17. The van der Waals surface area contributed by atoms with Crippen molar-refractivity contribution in [1.82, 2.24) is 29.4 Å². The van der Waals surface area contributed by atoms with E-state index in [0.29, 0.717) is 45.1 Å². The van der Waals surface area contributed by atoms with Crippen molar-refractivity contribution in [2.45, 2.75) is 45.2 Å². The minimum Gasteiger partial charge on any atom is -0.364 e. The number of fused-ring (bicyclic) bond motifs is 3. The number of thiazole rings is 1. The highest BCUT2D eigenvalue weighted by Crippen LogP contribution is 2.38. The molecule has 1 saturated carbocycles. The third kappa shape index (κ3) is 3.56. The molecule has 178 valence electrons. The van der Waals surface area contributed by atoms with Gasteiger partial charge in [-0.05, 0) is 19.9 Å².